The predicted molar refractivity (Wildman–Crippen MR) is 76.4 cm³/mol. The van der Waals surface area contributed by atoms with Gasteiger partial charge in [-0.1, -0.05) is 12.1 Å². The summed E-state index contributed by atoms with van der Waals surface area (Å²) in [5.74, 6) is -0.642. The molecule has 0 aliphatic rings. The third-order valence-electron chi connectivity index (χ3n) is 2.87. The van der Waals surface area contributed by atoms with Crippen LogP contribution in [0.1, 0.15) is 35.2 Å². The van der Waals surface area contributed by atoms with Crippen LogP contribution in [0.3, 0.4) is 0 Å². The Labute approximate surface area is 130 Å². The minimum atomic E-state index is -4.52. The van der Waals surface area contributed by atoms with Gasteiger partial charge in [-0.2, -0.15) is 13.2 Å². The number of hydrogen-bond donors (Lipinski definition) is 1. The van der Waals surface area contributed by atoms with Gasteiger partial charge in [0.15, 0.2) is 0 Å². The first-order chi connectivity index (χ1) is 10.8. The van der Waals surface area contributed by atoms with Crippen LogP contribution in [0, 0.1) is 6.92 Å². The van der Waals surface area contributed by atoms with E-state index in [1.807, 2.05) is 6.92 Å². The number of aryl methyl sites for hydroxylation is 1. The molecule has 0 unspecified atom stereocenters. The third-order valence-corrected chi connectivity index (χ3v) is 2.87. The fourth-order valence-corrected chi connectivity index (χ4v) is 1.80. The molecule has 0 saturated heterocycles. The molecule has 0 radical (unpaired) electrons. The fraction of sp³-hybridized carbons (Fsp3) is 0.333. The van der Waals surface area contributed by atoms with Crippen LogP contribution in [0.5, 0.6) is 5.75 Å². The second-order valence-corrected chi connectivity index (χ2v) is 4.84. The average Bonchev–Trinajstić information content (AvgIpc) is 2.91. The molecular weight excluding hydrogens is 313 g/mol. The Balaban J connectivity index is 2.30. The maximum Gasteiger partial charge on any atom is 0.416 e. The number of carbonyl (C=O) groups is 1. The second kappa shape index (κ2) is 6.72. The van der Waals surface area contributed by atoms with Gasteiger partial charge in [0, 0.05) is 6.07 Å². The number of halogens is 3. The smallest absolute Gasteiger partial charge is 0.416 e. The average molecular weight is 328 g/mol. The van der Waals surface area contributed by atoms with Crippen molar-refractivity contribution in [3.63, 3.8) is 0 Å². The van der Waals surface area contributed by atoms with Gasteiger partial charge < -0.3 is 14.6 Å². The van der Waals surface area contributed by atoms with E-state index < -0.39 is 17.6 Å². The van der Waals surface area contributed by atoms with Crippen LogP contribution < -0.4 is 10.1 Å². The summed E-state index contributed by atoms with van der Waals surface area (Å²) >= 11 is 0. The lowest BCUT2D eigenvalue weighted by atomic mass is 10.1. The van der Waals surface area contributed by atoms with E-state index >= 15 is 0 Å². The van der Waals surface area contributed by atoms with Gasteiger partial charge in [-0.25, -0.2) is 0 Å². The molecule has 0 bridgehead atoms. The molecule has 8 heteroatoms. The number of carbonyl (C=O) groups excluding carboxylic acids is 1. The number of nitrogens with zero attached hydrogens (tertiary/aromatic N) is 1. The maximum absolute atomic E-state index is 12.8. The Morgan fingerprint density at radius 1 is 1.35 bits per heavy atom. The van der Waals surface area contributed by atoms with Gasteiger partial charge in [0.2, 0.25) is 5.76 Å². The van der Waals surface area contributed by atoms with Crippen molar-refractivity contribution in [2.75, 3.05) is 11.9 Å². The van der Waals surface area contributed by atoms with Gasteiger partial charge in [0.25, 0.3) is 5.91 Å². The Morgan fingerprint density at radius 3 is 2.65 bits per heavy atom. The molecule has 1 N–H and O–H groups in total. The van der Waals surface area contributed by atoms with Crippen molar-refractivity contribution in [2.24, 2.45) is 0 Å². The molecule has 1 aromatic heterocycles. The third kappa shape index (κ3) is 4.24. The zero-order chi connectivity index (χ0) is 17.0. The van der Waals surface area contributed by atoms with Crippen LogP contribution >= 0.6 is 0 Å². The van der Waals surface area contributed by atoms with Gasteiger partial charge in [0.05, 0.1) is 23.6 Å². The molecule has 5 nitrogen and oxygen atoms in total. The summed E-state index contributed by atoms with van der Waals surface area (Å²) in [5.41, 5.74) is -0.473. The van der Waals surface area contributed by atoms with Crippen LogP contribution in [-0.4, -0.2) is 17.7 Å². The SMILES string of the molecule is CCCOc1ccc(C(F)(F)F)cc1NC(=O)c1cc(C)no1. The zero-order valence-corrected chi connectivity index (χ0v) is 12.5. The number of alkyl halides is 3. The summed E-state index contributed by atoms with van der Waals surface area (Å²) in [5, 5.41) is 5.92. The highest BCUT2D eigenvalue weighted by Crippen LogP contribution is 2.35. The number of hydrogen-bond acceptors (Lipinski definition) is 4. The highest BCUT2D eigenvalue weighted by Gasteiger charge is 2.31. The monoisotopic (exact) mass is 328 g/mol. The summed E-state index contributed by atoms with van der Waals surface area (Å²) in [6, 6.07) is 4.29. The van der Waals surface area contributed by atoms with Crippen molar-refractivity contribution < 1.29 is 27.2 Å². The lowest BCUT2D eigenvalue weighted by Crippen LogP contribution is -2.14. The van der Waals surface area contributed by atoms with Crippen molar-refractivity contribution in [1.29, 1.82) is 0 Å². The summed E-state index contributed by atoms with van der Waals surface area (Å²) in [4.78, 5) is 12.0. The first-order valence-electron chi connectivity index (χ1n) is 6.90. The second-order valence-electron chi connectivity index (χ2n) is 4.84. The van der Waals surface area contributed by atoms with E-state index in [-0.39, 0.29) is 17.2 Å². The van der Waals surface area contributed by atoms with Crippen molar-refractivity contribution in [3.05, 3.63) is 41.3 Å². The van der Waals surface area contributed by atoms with Crippen LogP contribution in [0.4, 0.5) is 18.9 Å². The van der Waals surface area contributed by atoms with Gasteiger partial charge in [-0.15, -0.1) is 0 Å². The molecule has 0 aliphatic carbocycles. The quantitative estimate of drug-likeness (QED) is 0.899. The minimum Gasteiger partial charge on any atom is -0.491 e. The van der Waals surface area contributed by atoms with Crippen molar-refractivity contribution >= 4 is 11.6 Å². The van der Waals surface area contributed by atoms with E-state index in [2.05, 4.69) is 10.5 Å². The van der Waals surface area contributed by atoms with E-state index in [9.17, 15) is 18.0 Å². The topological polar surface area (TPSA) is 64.4 Å². The normalized spacial score (nSPS) is 11.3. The van der Waals surface area contributed by atoms with E-state index in [0.29, 0.717) is 18.7 Å². The molecule has 0 spiro atoms. The Hall–Kier alpha value is -2.51. The first kappa shape index (κ1) is 16.9. The predicted octanol–water partition coefficient (Wildman–Crippen LogP) is 4.04. The molecular formula is C15H15F3N2O3. The van der Waals surface area contributed by atoms with Crippen LogP contribution in [0.25, 0.3) is 0 Å². The van der Waals surface area contributed by atoms with Crippen molar-refractivity contribution in [3.8, 4) is 5.75 Å². The molecule has 0 saturated carbocycles. The van der Waals surface area contributed by atoms with Crippen LogP contribution in [0.15, 0.2) is 28.8 Å². The number of benzene rings is 1. The minimum absolute atomic E-state index is 0.0765. The summed E-state index contributed by atoms with van der Waals surface area (Å²) in [6.07, 6.45) is -3.85. The number of nitrogens with one attached hydrogen (secondary N) is 1. The molecule has 2 rings (SSSR count). The van der Waals surface area contributed by atoms with Crippen molar-refractivity contribution in [1.82, 2.24) is 5.16 Å². The van der Waals surface area contributed by atoms with Gasteiger partial charge >= 0.3 is 6.18 Å². The van der Waals surface area contributed by atoms with Gasteiger partial charge in [-0.05, 0) is 31.5 Å². The Bertz CT molecular complexity index is 696. The highest BCUT2D eigenvalue weighted by molar-refractivity contribution is 6.03. The van der Waals surface area contributed by atoms with E-state index in [4.69, 9.17) is 9.26 Å². The number of rotatable bonds is 5. The zero-order valence-electron chi connectivity index (χ0n) is 12.5. The summed E-state index contributed by atoms with van der Waals surface area (Å²) < 4.78 is 48.7. The van der Waals surface area contributed by atoms with Gasteiger partial charge in [-0.3, -0.25) is 4.79 Å². The lowest BCUT2D eigenvalue weighted by molar-refractivity contribution is -0.137. The van der Waals surface area contributed by atoms with Crippen LogP contribution in [-0.2, 0) is 6.18 Å². The Kier molecular flexibility index (Phi) is 4.92. The highest BCUT2D eigenvalue weighted by atomic mass is 19.4. The largest absolute Gasteiger partial charge is 0.491 e. The van der Waals surface area contributed by atoms with E-state index in [0.717, 1.165) is 12.1 Å². The Morgan fingerprint density at radius 2 is 2.09 bits per heavy atom. The molecule has 124 valence electrons. The van der Waals surface area contributed by atoms with E-state index in [1.165, 1.54) is 12.1 Å². The summed E-state index contributed by atoms with van der Waals surface area (Å²) in [7, 11) is 0. The van der Waals surface area contributed by atoms with Gasteiger partial charge in [0.1, 0.15) is 5.75 Å². The lowest BCUT2D eigenvalue weighted by Gasteiger charge is -2.14. The number of aromatic nitrogens is 1. The molecule has 0 fully saturated rings. The maximum atomic E-state index is 12.8. The molecule has 2 aromatic rings. The number of anilines is 1. The standard InChI is InChI=1S/C15H15F3N2O3/c1-3-6-22-12-5-4-10(15(16,17)18)8-11(12)19-14(21)13-7-9(2)20-23-13/h4-5,7-8H,3,6H2,1-2H3,(H,19,21). The molecule has 0 aliphatic heterocycles. The molecule has 0 atom stereocenters. The molecule has 1 amide bonds. The molecule has 1 heterocycles. The number of ether oxygens (including phenoxy) is 1. The van der Waals surface area contributed by atoms with Crippen LogP contribution in [0.2, 0.25) is 0 Å². The van der Waals surface area contributed by atoms with E-state index in [1.54, 1.807) is 6.92 Å². The molecule has 1 aromatic carbocycles. The first-order valence-corrected chi connectivity index (χ1v) is 6.90. The number of amides is 1. The van der Waals surface area contributed by atoms with Crippen molar-refractivity contribution in [2.45, 2.75) is 26.4 Å². The fourth-order valence-electron chi connectivity index (χ4n) is 1.80. The summed E-state index contributed by atoms with van der Waals surface area (Å²) in [6.45, 7) is 3.80. The molecule has 23 heavy (non-hydrogen) atoms.